The third-order valence-corrected chi connectivity index (χ3v) is 6.01. The van der Waals surface area contributed by atoms with Crippen LogP contribution in [0.25, 0.3) is 0 Å². The van der Waals surface area contributed by atoms with Crippen molar-refractivity contribution in [2.45, 2.75) is 24.4 Å². The van der Waals surface area contributed by atoms with Gasteiger partial charge in [-0.05, 0) is 6.92 Å². The van der Waals surface area contributed by atoms with Crippen LogP contribution in [0.3, 0.4) is 0 Å². The average molecular weight is 440 g/mol. The highest BCUT2D eigenvalue weighted by Crippen LogP contribution is 2.53. The van der Waals surface area contributed by atoms with E-state index in [0.29, 0.717) is 11.9 Å². The number of fused-ring (bicyclic) bond motifs is 4. The van der Waals surface area contributed by atoms with E-state index in [1.54, 1.807) is 11.0 Å². The van der Waals surface area contributed by atoms with Gasteiger partial charge >= 0.3 is 5.54 Å². The number of alkyl halides is 1. The Hall–Kier alpha value is -2.20. The minimum Gasteiger partial charge on any atom is -0.300 e. The molecule has 1 saturated heterocycles. The quantitative estimate of drug-likeness (QED) is 0.375. The van der Waals surface area contributed by atoms with Crippen molar-refractivity contribution < 1.29 is 19.4 Å². The number of halogens is 1. The first kappa shape index (κ1) is 19.6. The van der Waals surface area contributed by atoms with Crippen LogP contribution in [0.15, 0.2) is 24.3 Å². The molecule has 0 N–H and O–H groups in total. The number of nitrogens with zero attached hydrogens (tertiary/aromatic N) is 3. The molecule has 1 aliphatic carbocycles. The highest BCUT2D eigenvalue weighted by atomic mass is 79.9. The number of hydrogen-bond acceptors (Lipinski definition) is 7. The van der Waals surface area contributed by atoms with Crippen molar-refractivity contribution in [1.29, 1.82) is 0 Å². The maximum Gasteiger partial charge on any atom is 0.306 e. The van der Waals surface area contributed by atoms with Crippen LogP contribution >= 0.6 is 15.9 Å². The molecule has 0 radical (unpaired) electrons. The van der Waals surface area contributed by atoms with Crippen molar-refractivity contribution in [2.24, 2.45) is 5.92 Å². The zero-order valence-electron chi connectivity index (χ0n) is 14.6. The summed E-state index contributed by atoms with van der Waals surface area (Å²) in [5.41, 5.74) is -3.97. The van der Waals surface area contributed by atoms with Crippen LogP contribution in [-0.2, 0) is 10.3 Å². The van der Waals surface area contributed by atoms with Crippen molar-refractivity contribution in [3.63, 3.8) is 0 Å². The van der Waals surface area contributed by atoms with E-state index in [9.17, 15) is 29.8 Å². The van der Waals surface area contributed by atoms with E-state index in [0.717, 1.165) is 0 Å². The molecule has 1 heterocycles. The van der Waals surface area contributed by atoms with Gasteiger partial charge in [-0.2, -0.15) is 0 Å². The van der Waals surface area contributed by atoms with E-state index in [1.165, 1.54) is 25.1 Å². The van der Waals surface area contributed by atoms with Crippen LogP contribution in [-0.4, -0.2) is 56.8 Å². The number of likely N-dealkylation sites (tertiary alicyclic amines) is 1. The van der Waals surface area contributed by atoms with Gasteiger partial charge in [-0.25, -0.2) is 0 Å². The summed E-state index contributed by atoms with van der Waals surface area (Å²) in [6.45, 7) is 1.20. The molecule has 10 heteroatoms. The van der Waals surface area contributed by atoms with Crippen LogP contribution in [0.4, 0.5) is 0 Å². The molecule has 0 saturated carbocycles. The van der Waals surface area contributed by atoms with Gasteiger partial charge in [0.05, 0.1) is 13.1 Å². The molecule has 1 aliphatic heterocycles. The molecule has 27 heavy (non-hydrogen) atoms. The maximum absolute atomic E-state index is 13.3. The summed E-state index contributed by atoms with van der Waals surface area (Å²) < 4.78 is 0. The lowest BCUT2D eigenvalue weighted by Crippen LogP contribution is -2.75. The minimum absolute atomic E-state index is 0.00388. The first-order valence-electron chi connectivity index (χ1n) is 8.43. The molecule has 144 valence electrons. The van der Waals surface area contributed by atoms with Gasteiger partial charge in [0.1, 0.15) is 11.7 Å². The van der Waals surface area contributed by atoms with Crippen molar-refractivity contribution in [3.05, 3.63) is 55.6 Å². The fourth-order valence-corrected chi connectivity index (χ4v) is 5.10. The zero-order chi connectivity index (χ0) is 20.0. The van der Waals surface area contributed by atoms with E-state index < -0.39 is 44.8 Å². The number of rotatable bonds is 6. The number of carbonyl (C=O) groups is 2. The summed E-state index contributed by atoms with van der Waals surface area (Å²) in [6, 6.07) is 5.99. The van der Waals surface area contributed by atoms with Gasteiger partial charge in [-0.15, -0.1) is 0 Å². The average Bonchev–Trinajstić information content (AvgIpc) is 2.60. The Bertz CT molecular complexity index is 846. The van der Waals surface area contributed by atoms with E-state index in [1.807, 2.05) is 0 Å². The fourth-order valence-electron chi connectivity index (χ4n) is 4.60. The predicted molar refractivity (Wildman–Crippen MR) is 98.2 cm³/mol. The first-order chi connectivity index (χ1) is 12.7. The van der Waals surface area contributed by atoms with Gasteiger partial charge in [-0.1, -0.05) is 40.2 Å². The molecule has 1 aromatic carbocycles. The molecule has 0 unspecified atom stereocenters. The Balaban J connectivity index is 2.39. The number of Topliss-reactive ketones (excluding diaryl/α,β-unsaturated/α-hetero) is 2. The molecule has 1 aromatic rings. The summed E-state index contributed by atoms with van der Waals surface area (Å²) >= 11 is 3.26. The lowest BCUT2D eigenvalue weighted by Gasteiger charge is -2.50. The van der Waals surface area contributed by atoms with Gasteiger partial charge in [0, 0.05) is 39.3 Å². The molecular weight excluding hydrogens is 422 g/mol. The molecule has 0 spiro atoms. The Kier molecular flexibility index (Phi) is 4.89. The molecular formula is C17H18BrN3O6. The van der Waals surface area contributed by atoms with E-state index in [-0.39, 0.29) is 24.2 Å². The summed E-state index contributed by atoms with van der Waals surface area (Å²) in [6.07, 6.45) is -0.399. The third-order valence-electron chi connectivity index (χ3n) is 5.66. The standard InChI is InChI=1S/C17H18BrN3O6/c1-11(22)8-14-16(20(24)25)9-19(7-6-18)10-17(14,21(26)27)15(23)12-4-2-3-5-13(12)16/h2-5,14H,6-10H2,1H3/t14-,16+,17-/m1/s1. The Morgan fingerprint density at radius 1 is 1.22 bits per heavy atom. The molecule has 0 aromatic heterocycles. The Morgan fingerprint density at radius 2 is 1.81 bits per heavy atom. The van der Waals surface area contributed by atoms with E-state index in [2.05, 4.69) is 15.9 Å². The van der Waals surface area contributed by atoms with Gasteiger partial charge in [0.25, 0.3) is 5.54 Å². The van der Waals surface area contributed by atoms with Crippen molar-refractivity contribution in [3.8, 4) is 0 Å². The summed E-state index contributed by atoms with van der Waals surface area (Å²) in [4.78, 5) is 50.1. The molecule has 1 fully saturated rings. The lowest BCUT2D eigenvalue weighted by molar-refractivity contribution is -0.640. The van der Waals surface area contributed by atoms with Crippen LogP contribution in [0.1, 0.15) is 29.3 Å². The monoisotopic (exact) mass is 439 g/mol. The molecule has 0 amide bonds. The smallest absolute Gasteiger partial charge is 0.300 e. The second kappa shape index (κ2) is 6.75. The molecule has 2 bridgehead atoms. The van der Waals surface area contributed by atoms with Crippen molar-refractivity contribution in [1.82, 2.24) is 4.90 Å². The van der Waals surface area contributed by atoms with Crippen LogP contribution < -0.4 is 0 Å². The third kappa shape index (κ3) is 2.61. The van der Waals surface area contributed by atoms with Crippen LogP contribution in [0, 0.1) is 26.1 Å². The molecule has 2 aliphatic rings. The Labute approximate surface area is 163 Å². The molecule has 9 nitrogen and oxygen atoms in total. The number of benzene rings is 1. The number of piperidine rings is 1. The van der Waals surface area contributed by atoms with E-state index >= 15 is 0 Å². The second-order valence-electron chi connectivity index (χ2n) is 7.10. The van der Waals surface area contributed by atoms with E-state index in [4.69, 9.17) is 0 Å². The maximum atomic E-state index is 13.3. The highest BCUT2D eigenvalue weighted by Gasteiger charge is 2.77. The fraction of sp³-hybridized carbons (Fsp3) is 0.529. The van der Waals surface area contributed by atoms with Gasteiger partial charge in [0.15, 0.2) is 0 Å². The number of ketones is 2. The second-order valence-corrected chi connectivity index (χ2v) is 7.89. The van der Waals surface area contributed by atoms with Crippen LogP contribution in [0.2, 0.25) is 0 Å². The largest absolute Gasteiger partial charge is 0.306 e. The number of carbonyl (C=O) groups excluding carboxylic acids is 2. The van der Waals surface area contributed by atoms with Gasteiger partial charge < -0.3 is 4.79 Å². The minimum atomic E-state index is -2.23. The number of nitro groups is 2. The summed E-state index contributed by atoms with van der Waals surface area (Å²) in [5.74, 6) is -2.52. The SMILES string of the molecule is CC(=O)C[C@H]1[C@]2([N+](=O)[O-])CN(CCBr)C[C@]1([N+](=O)[O-])c1ccccc1C2=O. The highest BCUT2D eigenvalue weighted by molar-refractivity contribution is 9.09. The summed E-state index contributed by atoms with van der Waals surface area (Å²) in [7, 11) is 0. The van der Waals surface area contributed by atoms with Crippen molar-refractivity contribution >= 4 is 27.5 Å². The number of hydrogen-bond donors (Lipinski definition) is 0. The zero-order valence-corrected chi connectivity index (χ0v) is 16.2. The normalized spacial score (nSPS) is 29.9. The van der Waals surface area contributed by atoms with Crippen molar-refractivity contribution in [2.75, 3.05) is 25.0 Å². The Morgan fingerprint density at radius 3 is 2.37 bits per heavy atom. The first-order valence-corrected chi connectivity index (χ1v) is 9.55. The summed E-state index contributed by atoms with van der Waals surface area (Å²) in [5, 5.41) is 25.1. The molecule has 3 rings (SSSR count). The topological polar surface area (TPSA) is 124 Å². The lowest BCUT2D eigenvalue weighted by atomic mass is 9.56. The van der Waals surface area contributed by atoms with Gasteiger partial charge in [-0.3, -0.25) is 29.9 Å². The van der Waals surface area contributed by atoms with Crippen LogP contribution in [0.5, 0.6) is 0 Å². The predicted octanol–water partition coefficient (Wildman–Crippen LogP) is 1.68. The molecule has 3 atom stereocenters. The van der Waals surface area contributed by atoms with Gasteiger partial charge in [0.2, 0.25) is 5.78 Å².